The SMILES string of the molecule is Cc1cc(-c2ccc3cc[nH]c3c2)ccc1C1=NC2(CC2)C(=O)N1CC1CCN(C(=O)C2CC2)C1. The molecule has 4 aliphatic rings. The molecule has 1 aromatic heterocycles. The number of hydrogen-bond donors (Lipinski definition) is 1. The second-order valence-electron chi connectivity index (χ2n) is 10.9. The molecule has 3 fully saturated rings. The predicted molar refractivity (Wildman–Crippen MR) is 136 cm³/mol. The Hall–Kier alpha value is -3.41. The number of carbonyl (C=O) groups excluding carboxylic acids is 2. The number of carbonyl (C=O) groups is 2. The van der Waals surface area contributed by atoms with E-state index in [1.54, 1.807) is 0 Å². The number of nitrogens with one attached hydrogen (secondary N) is 1. The molecule has 0 bridgehead atoms. The minimum atomic E-state index is -0.527. The van der Waals surface area contributed by atoms with Gasteiger partial charge in [-0.1, -0.05) is 30.3 Å². The maximum Gasteiger partial charge on any atom is 0.256 e. The molecule has 1 atom stereocenters. The Morgan fingerprint density at radius 2 is 1.89 bits per heavy atom. The van der Waals surface area contributed by atoms with E-state index >= 15 is 0 Å². The highest BCUT2D eigenvalue weighted by atomic mass is 16.2. The van der Waals surface area contributed by atoms with Gasteiger partial charge in [-0.3, -0.25) is 19.5 Å². The van der Waals surface area contributed by atoms with Gasteiger partial charge in [0.25, 0.3) is 5.91 Å². The van der Waals surface area contributed by atoms with Crippen LogP contribution >= 0.6 is 0 Å². The van der Waals surface area contributed by atoms with E-state index in [1.807, 2.05) is 16.0 Å². The zero-order chi connectivity index (χ0) is 23.7. The quantitative estimate of drug-likeness (QED) is 0.601. The molecule has 1 N–H and O–H groups in total. The number of likely N-dealkylation sites (tertiary alicyclic amines) is 1. The minimum absolute atomic E-state index is 0.153. The summed E-state index contributed by atoms with van der Waals surface area (Å²) in [5.41, 5.74) is 5.09. The van der Waals surface area contributed by atoms with Crippen molar-refractivity contribution in [2.45, 2.75) is 44.6 Å². The van der Waals surface area contributed by atoms with Crippen LogP contribution in [0, 0.1) is 18.8 Å². The van der Waals surface area contributed by atoms with E-state index in [1.165, 1.54) is 10.9 Å². The fourth-order valence-electron chi connectivity index (χ4n) is 5.83. The normalized spacial score (nSPS) is 22.9. The molecule has 1 unspecified atom stereocenters. The molecule has 6 heteroatoms. The first-order valence-electron chi connectivity index (χ1n) is 12.9. The van der Waals surface area contributed by atoms with Crippen molar-refractivity contribution in [1.29, 1.82) is 0 Å². The number of aromatic amines is 1. The zero-order valence-corrected chi connectivity index (χ0v) is 20.1. The molecule has 2 saturated carbocycles. The third kappa shape index (κ3) is 3.49. The van der Waals surface area contributed by atoms with Gasteiger partial charge in [0.2, 0.25) is 5.91 Å². The summed E-state index contributed by atoms with van der Waals surface area (Å²) in [6.45, 7) is 4.34. The van der Waals surface area contributed by atoms with Crippen molar-refractivity contribution in [3.05, 3.63) is 59.8 Å². The van der Waals surface area contributed by atoms with Crippen molar-refractivity contribution >= 4 is 28.6 Å². The van der Waals surface area contributed by atoms with Gasteiger partial charge >= 0.3 is 0 Å². The van der Waals surface area contributed by atoms with Crippen molar-refractivity contribution in [1.82, 2.24) is 14.8 Å². The molecule has 178 valence electrons. The van der Waals surface area contributed by atoms with Gasteiger partial charge in [-0.2, -0.15) is 0 Å². The maximum absolute atomic E-state index is 13.4. The Balaban J connectivity index is 1.15. The van der Waals surface area contributed by atoms with Gasteiger partial charge in [-0.25, -0.2) is 0 Å². The van der Waals surface area contributed by atoms with Crippen LogP contribution in [0.15, 0.2) is 53.7 Å². The number of nitrogens with zero attached hydrogens (tertiary/aromatic N) is 3. The highest BCUT2D eigenvalue weighted by Gasteiger charge is 2.57. The number of rotatable bonds is 5. The lowest BCUT2D eigenvalue weighted by molar-refractivity contribution is -0.131. The summed E-state index contributed by atoms with van der Waals surface area (Å²) in [5.74, 6) is 1.86. The van der Waals surface area contributed by atoms with E-state index in [-0.39, 0.29) is 11.8 Å². The Morgan fingerprint density at radius 1 is 1.09 bits per heavy atom. The van der Waals surface area contributed by atoms with Crippen LogP contribution in [0.3, 0.4) is 0 Å². The molecule has 1 spiro atoms. The van der Waals surface area contributed by atoms with Crippen LogP contribution in [0.2, 0.25) is 0 Å². The van der Waals surface area contributed by atoms with Gasteiger partial charge in [-0.05, 0) is 79.2 Å². The number of aryl methyl sites for hydroxylation is 1. The van der Waals surface area contributed by atoms with Crippen molar-refractivity contribution in [3.8, 4) is 11.1 Å². The largest absolute Gasteiger partial charge is 0.361 e. The number of aromatic nitrogens is 1. The lowest BCUT2D eigenvalue weighted by Gasteiger charge is -2.24. The Labute approximate surface area is 205 Å². The molecule has 2 aliphatic heterocycles. The van der Waals surface area contributed by atoms with E-state index in [2.05, 4.69) is 54.4 Å². The van der Waals surface area contributed by atoms with Crippen LogP contribution in [0.25, 0.3) is 22.0 Å². The summed E-state index contributed by atoms with van der Waals surface area (Å²) in [7, 11) is 0. The summed E-state index contributed by atoms with van der Waals surface area (Å²) >= 11 is 0. The smallest absolute Gasteiger partial charge is 0.256 e. The summed E-state index contributed by atoms with van der Waals surface area (Å²) in [6, 6.07) is 15.0. The molecule has 7 rings (SSSR count). The van der Waals surface area contributed by atoms with Crippen LogP contribution in [0.1, 0.15) is 43.2 Å². The third-order valence-corrected chi connectivity index (χ3v) is 8.26. The molecule has 2 aliphatic carbocycles. The Bertz CT molecular complexity index is 1390. The second-order valence-corrected chi connectivity index (χ2v) is 10.9. The molecule has 3 aromatic rings. The van der Waals surface area contributed by atoms with Crippen LogP contribution in [-0.2, 0) is 9.59 Å². The molecule has 35 heavy (non-hydrogen) atoms. The molecule has 2 amide bonds. The summed E-state index contributed by atoms with van der Waals surface area (Å²) < 4.78 is 0. The average Bonchev–Trinajstić information content (AvgIpc) is 3.74. The number of amidine groups is 1. The fraction of sp³-hybridized carbons (Fsp3) is 0.414. The van der Waals surface area contributed by atoms with Gasteiger partial charge in [0.1, 0.15) is 11.4 Å². The molecule has 1 saturated heterocycles. The standard InChI is InChI=1S/C29H30N4O2/c1-18-14-22(23-5-2-20-8-12-30-25(20)15-23)6-7-24(18)26-31-29(10-11-29)28(35)33(26)17-19-9-13-32(16-19)27(34)21-3-4-21/h2,5-8,12,14-15,19,21,30H,3-4,9-11,13,16-17H2,1H3. The second kappa shape index (κ2) is 7.54. The fourth-order valence-corrected chi connectivity index (χ4v) is 5.83. The monoisotopic (exact) mass is 466 g/mol. The van der Waals surface area contributed by atoms with Gasteiger partial charge in [0.15, 0.2) is 0 Å². The predicted octanol–water partition coefficient (Wildman–Crippen LogP) is 4.52. The number of hydrogen-bond acceptors (Lipinski definition) is 3. The average molecular weight is 467 g/mol. The first kappa shape index (κ1) is 20.9. The first-order valence-corrected chi connectivity index (χ1v) is 12.9. The van der Waals surface area contributed by atoms with Crippen molar-refractivity contribution in [3.63, 3.8) is 0 Å². The van der Waals surface area contributed by atoms with E-state index in [0.29, 0.717) is 18.4 Å². The third-order valence-electron chi connectivity index (χ3n) is 8.26. The van der Waals surface area contributed by atoms with Crippen molar-refractivity contribution in [2.75, 3.05) is 19.6 Å². The molecule has 2 aromatic carbocycles. The molecular formula is C29H30N4O2. The molecule has 3 heterocycles. The van der Waals surface area contributed by atoms with Crippen LogP contribution in [-0.4, -0.2) is 57.6 Å². The highest BCUT2D eigenvalue weighted by molar-refractivity contribution is 6.17. The van der Waals surface area contributed by atoms with Gasteiger partial charge < -0.3 is 9.88 Å². The number of benzene rings is 2. The van der Waals surface area contributed by atoms with Crippen molar-refractivity contribution < 1.29 is 9.59 Å². The lowest BCUT2D eigenvalue weighted by atomic mass is 9.98. The van der Waals surface area contributed by atoms with Crippen molar-refractivity contribution in [2.24, 2.45) is 16.8 Å². The van der Waals surface area contributed by atoms with Crippen LogP contribution < -0.4 is 0 Å². The Morgan fingerprint density at radius 3 is 2.66 bits per heavy atom. The summed E-state index contributed by atoms with van der Waals surface area (Å²) in [5, 5.41) is 1.20. The summed E-state index contributed by atoms with van der Waals surface area (Å²) in [4.78, 5) is 38.2. The Kier molecular flexibility index (Phi) is 4.51. The molecule has 0 radical (unpaired) electrons. The number of H-pyrrole nitrogens is 1. The number of aliphatic imine (C=N–C) groups is 1. The van der Waals surface area contributed by atoms with Crippen LogP contribution in [0.4, 0.5) is 0 Å². The van der Waals surface area contributed by atoms with Gasteiger partial charge in [-0.15, -0.1) is 0 Å². The molecule has 6 nitrogen and oxygen atoms in total. The van der Waals surface area contributed by atoms with Gasteiger partial charge in [0.05, 0.1) is 0 Å². The van der Waals surface area contributed by atoms with Crippen LogP contribution in [0.5, 0.6) is 0 Å². The zero-order valence-electron chi connectivity index (χ0n) is 20.1. The van der Waals surface area contributed by atoms with E-state index in [9.17, 15) is 9.59 Å². The van der Waals surface area contributed by atoms with E-state index in [4.69, 9.17) is 4.99 Å². The van der Waals surface area contributed by atoms with E-state index in [0.717, 1.165) is 73.2 Å². The highest BCUT2D eigenvalue weighted by Crippen LogP contribution is 2.46. The first-order chi connectivity index (χ1) is 17.0. The van der Waals surface area contributed by atoms with E-state index < -0.39 is 5.54 Å². The topological polar surface area (TPSA) is 68.8 Å². The summed E-state index contributed by atoms with van der Waals surface area (Å²) in [6.07, 6.45) is 6.69. The maximum atomic E-state index is 13.4. The molecular weight excluding hydrogens is 436 g/mol. The lowest BCUT2D eigenvalue weighted by Crippen LogP contribution is -2.41. The minimum Gasteiger partial charge on any atom is -0.361 e. The van der Waals surface area contributed by atoms with Gasteiger partial charge in [0, 0.05) is 42.8 Å². The number of amides is 2. The number of fused-ring (bicyclic) bond motifs is 1.